The molecular weight excluding hydrogens is 382 g/mol. The number of H-pyrrole nitrogens is 2. The highest BCUT2D eigenvalue weighted by molar-refractivity contribution is 6.03. The second-order valence-electron chi connectivity index (χ2n) is 6.86. The van der Waals surface area contributed by atoms with Crippen LogP contribution in [0.3, 0.4) is 0 Å². The summed E-state index contributed by atoms with van der Waals surface area (Å²) in [5.41, 5.74) is 1.54. The molecule has 0 bridgehead atoms. The first-order chi connectivity index (χ1) is 14.6. The number of aromatic amines is 2. The molecule has 7 heteroatoms. The minimum atomic E-state index is -0.385. The van der Waals surface area contributed by atoms with Crippen LogP contribution in [-0.2, 0) is 6.61 Å². The molecule has 0 saturated carbocycles. The highest BCUT2D eigenvalue weighted by atomic mass is 16.5. The van der Waals surface area contributed by atoms with Crippen molar-refractivity contribution in [3.8, 4) is 5.75 Å². The van der Waals surface area contributed by atoms with E-state index in [1.807, 2.05) is 42.5 Å². The van der Waals surface area contributed by atoms with Crippen LogP contribution in [0.15, 0.2) is 82.0 Å². The number of furan rings is 1. The molecule has 0 fully saturated rings. The monoisotopic (exact) mass is 399 g/mol. The first kappa shape index (κ1) is 17.8. The van der Waals surface area contributed by atoms with Crippen LogP contribution < -0.4 is 15.7 Å². The normalized spacial score (nSPS) is 11.1. The van der Waals surface area contributed by atoms with Gasteiger partial charge in [0.2, 0.25) is 0 Å². The van der Waals surface area contributed by atoms with Crippen LogP contribution in [0.1, 0.15) is 16.3 Å². The van der Waals surface area contributed by atoms with Crippen LogP contribution in [0, 0.1) is 0 Å². The van der Waals surface area contributed by atoms with E-state index in [9.17, 15) is 9.59 Å². The molecule has 7 nitrogen and oxygen atoms in total. The van der Waals surface area contributed by atoms with Crippen LogP contribution in [0.5, 0.6) is 5.75 Å². The summed E-state index contributed by atoms with van der Waals surface area (Å²) in [4.78, 5) is 29.1. The molecule has 0 aliphatic rings. The van der Waals surface area contributed by atoms with Crippen molar-refractivity contribution in [2.24, 2.45) is 0 Å². The zero-order valence-corrected chi connectivity index (χ0v) is 15.8. The minimum Gasteiger partial charge on any atom is -0.486 e. The first-order valence-electron chi connectivity index (χ1n) is 9.38. The Kier molecular flexibility index (Phi) is 4.33. The van der Waals surface area contributed by atoms with E-state index in [1.165, 1.54) is 0 Å². The van der Waals surface area contributed by atoms with Gasteiger partial charge < -0.3 is 24.4 Å². The third kappa shape index (κ3) is 3.56. The number of benzene rings is 3. The molecule has 148 valence electrons. The van der Waals surface area contributed by atoms with Crippen molar-refractivity contribution >= 4 is 33.4 Å². The highest BCUT2D eigenvalue weighted by Gasteiger charge is 2.13. The number of aromatic nitrogens is 2. The molecule has 0 spiro atoms. The van der Waals surface area contributed by atoms with Gasteiger partial charge in [0.1, 0.15) is 18.1 Å². The first-order valence-corrected chi connectivity index (χ1v) is 9.38. The van der Waals surface area contributed by atoms with E-state index in [-0.39, 0.29) is 24.0 Å². The molecule has 3 N–H and O–H groups in total. The molecule has 5 rings (SSSR count). The lowest BCUT2D eigenvalue weighted by Gasteiger charge is -2.06. The number of anilines is 1. The lowest BCUT2D eigenvalue weighted by Crippen LogP contribution is -2.10. The quantitative estimate of drug-likeness (QED) is 0.407. The molecular formula is C23H17N3O4. The van der Waals surface area contributed by atoms with E-state index in [1.54, 1.807) is 30.3 Å². The van der Waals surface area contributed by atoms with Crippen molar-refractivity contribution in [1.82, 2.24) is 9.97 Å². The number of nitrogens with one attached hydrogen (secondary N) is 3. The summed E-state index contributed by atoms with van der Waals surface area (Å²) in [6.45, 7) is 0.210. The molecule has 3 aromatic carbocycles. The fourth-order valence-electron chi connectivity index (χ4n) is 3.29. The van der Waals surface area contributed by atoms with Crippen molar-refractivity contribution in [2.75, 3.05) is 5.32 Å². The molecule has 5 aromatic rings. The minimum absolute atomic E-state index is 0.176. The topological polar surface area (TPSA) is 100 Å². The van der Waals surface area contributed by atoms with Gasteiger partial charge in [-0.2, -0.15) is 0 Å². The number of amides is 1. The van der Waals surface area contributed by atoms with Crippen LogP contribution in [0.25, 0.3) is 21.8 Å². The molecule has 0 saturated heterocycles. The third-order valence-corrected chi connectivity index (χ3v) is 4.76. The highest BCUT2D eigenvalue weighted by Crippen LogP contribution is 2.22. The second kappa shape index (κ2) is 7.29. The Morgan fingerprint density at radius 3 is 2.63 bits per heavy atom. The van der Waals surface area contributed by atoms with Gasteiger partial charge in [-0.15, -0.1) is 0 Å². The van der Waals surface area contributed by atoms with E-state index < -0.39 is 0 Å². The fraction of sp³-hybridized carbons (Fsp3) is 0.0435. The van der Waals surface area contributed by atoms with Crippen LogP contribution in [-0.4, -0.2) is 15.9 Å². The van der Waals surface area contributed by atoms with Gasteiger partial charge >= 0.3 is 5.69 Å². The van der Waals surface area contributed by atoms with E-state index in [0.717, 1.165) is 16.5 Å². The fourth-order valence-corrected chi connectivity index (χ4v) is 3.29. The molecule has 0 radical (unpaired) electrons. The molecule has 0 aliphatic carbocycles. The van der Waals surface area contributed by atoms with Gasteiger partial charge in [-0.05, 0) is 53.2 Å². The molecule has 0 unspecified atom stereocenters. The average molecular weight is 399 g/mol. The number of hydrogen-bond donors (Lipinski definition) is 3. The largest absolute Gasteiger partial charge is 0.486 e. The SMILES string of the molecule is O=C(Nc1ccc2[nH]c(=O)[nH]c2c1)c1ccc(COc2ccc3ccccc3c2)o1. The van der Waals surface area contributed by atoms with Gasteiger partial charge in [0.05, 0.1) is 11.0 Å². The maximum Gasteiger partial charge on any atom is 0.323 e. The van der Waals surface area contributed by atoms with Crippen molar-refractivity contribution in [3.05, 3.63) is 94.8 Å². The third-order valence-electron chi connectivity index (χ3n) is 4.76. The number of ether oxygens (including phenoxy) is 1. The van der Waals surface area contributed by atoms with E-state index in [0.29, 0.717) is 22.5 Å². The van der Waals surface area contributed by atoms with Crippen molar-refractivity contribution in [3.63, 3.8) is 0 Å². The maximum absolute atomic E-state index is 12.5. The molecule has 2 aromatic heterocycles. The van der Waals surface area contributed by atoms with Crippen molar-refractivity contribution in [2.45, 2.75) is 6.61 Å². The van der Waals surface area contributed by atoms with Crippen molar-refractivity contribution < 1.29 is 13.9 Å². The van der Waals surface area contributed by atoms with Gasteiger partial charge in [0.25, 0.3) is 5.91 Å². The second-order valence-corrected chi connectivity index (χ2v) is 6.86. The Balaban J connectivity index is 1.25. The average Bonchev–Trinajstić information content (AvgIpc) is 3.37. The van der Waals surface area contributed by atoms with Gasteiger partial charge in [0, 0.05) is 5.69 Å². The molecule has 1 amide bonds. The molecule has 30 heavy (non-hydrogen) atoms. The predicted octanol–water partition coefficient (Wildman–Crippen LogP) is 4.43. The Morgan fingerprint density at radius 2 is 1.73 bits per heavy atom. The van der Waals surface area contributed by atoms with Gasteiger partial charge in [-0.1, -0.05) is 30.3 Å². The Morgan fingerprint density at radius 1 is 0.900 bits per heavy atom. The number of carbonyl (C=O) groups is 1. The number of fused-ring (bicyclic) bond motifs is 2. The Labute approximate surface area is 170 Å². The Hall–Kier alpha value is -4.26. The lowest BCUT2D eigenvalue weighted by atomic mass is 10.1. The lowest BCUT2D eigenvalue weighted by molar-refractivity contribution is 0.0992. The number of rotatable bonds is 5. The van der Waals surface area contributed by atoms with Crippen molar-refractivity contribution in [1.29, 1.82) is 0 Å². The number of imidazole rings is 1. The van der Waals surface area contributed by atoms with Crippen LogP contribution in [0.2, 0.25) is 0 Å². The van der Waals surface area contributed by atoms with Gasteiger partial charge in [-0.3, -0.25) is 4.79 Å². The van der Waals surface area contributed by atoms with Gasteiger partial charge in [0.15, 0.2) is 5.76 Å². The summed E-state index contributed by atoms with van der Waals surface area (Å²) in [6, 6.07) is 22.3. The smallest absolute Gasteiger partial charge is 0.323 e. The van der Waals surface area contributed by atoms with Crippen LogP contribution >= 0.6 is 0 Å². The van der Waals surface area contributed by atoms with Gasteiger partial charge in [-0.25, -0.2) is 4.79 Å². The maximum atomic E-state index is 12.5. The predicted molar refractivity (Wildman–Crippen MR) is 114 cm³/mol. The molecule has 0 aliphatic heterocycles. The standard InChI is InChI=1S/C23H17N3O4/c27-22(24-16-6-9-19-20(12-16)26-23(28)25-19)21-10-8-18(30-21)13-29-17-7-5-14-3-1-2-4-15(14)11-17/h1-12H,13H2,(H,24,27)(H2,25,26,28). The number of carbonyl (C=O) groups excluding carboxylic acids is 1. The van der Waals surface area contributed by atoms with E-state index >= 15 is 0 Å². The summed E-state index contributed by atoms with van der Waals surface area (Å²) in [5.74, 6) is 1.06. The summed E-state index contributed by atoms with van der Waals surface area (Å²) in [5, 5.41) is 4.99. The van der Waals surface area contributed by atoms with E-state index in [4.69, 9.17) is 9.15 Å². The zero-order valence-electron chi connectivity index (χ0n) is 15.8. The number of hydrogen-bond acceptors (Lipinski definition) is 4. The Bertz CT molecular complexity index is 1430. The molecule has 0 atom stereocenters. The summed E-state index contributed by atoms with van der Waals surface area (Å²) < 4.78 is 11.4. The summed E-state index contributed by atoms with van der Waals surface area (Å²) in [7, 11) is 0. The summed E-state index contributed by atoms with van der Waals surface area (Å²) in [6.07, 6.45) is 0. The van der Waals surface area contributed by atoms with Crippen LogP contribution in [0.4, 0.5) is 5.69 Å². The summed E-state index contributed by atoms with van der Waals surface area (Å²) >= 11 is 0. The van der Waals surface area contributed by atoms with E-state index in [2.05, 4.69) is 15.3 Å². The zero-order chi connectivity index (χ0) is 20.5. The molecule has 2 heterocycles.